The van der Waals surface area contributed by atoms with Crippen LogP contribution in [-0.4, -0.2) is 40.0 Å². The smallest absolute Gasteiger partial charge is 0.326 e. The van der Waals surface area contributed by atoms with Gasteiger partial charge in [0, 0.05) is 23.2 Å². The molecule has 0 aliphatic rings. The third kappa shape index (κ3) is 5.72. The summed E-state index contributed by atoms with van der Waals surface area (Å²) in [7, 11) is 0. The molecule has 0 aliphatic heterocycles. The zero-order valence-corrected chi connectivity index (χ0v) is 17.5. The van der Waals surface area contributed by atoms with Gasteiger partial charge in [0.25, 0.3) is 0 Å². The quantitative estimate of drug-likeness (QED) is 0.386. The van der Waals surface area contributed by atoms with Crippen molar-refractivity contribution in [1.82, 2.24) is 5.32 Å². The number of phenolic OH excluding ortho intramolecular Hbond substituents is 1. The summed E-state index contributed by atoms with van der Waals surface area (Å²) in [6, 6.07) is 19.9. The van der Waals surface area contributed by atoms with Crippen LogP contribution in [0.3, 0.4) is 0 Å². The molecule has 2 atom stereocenters. The molecule has 0 radical (unpaired) electrons. The summed E-state index contributed by atoms with van der Waals surface area (Å²) < 4.78 is 0. The maximum Gasteiger partial charge on any atom is 0.326 e. The van der Waals surface area contributed by atoms with Crippen molar-refractivity contribution < 1.29 is 24.6 Å². The van der Waals surface area contributed by atoms with Crippen molar-refractivity contribution in [2.45, 2.75) is 25.4 Å². The Kier molecular flexibility index (Phi) is 7.23. The largest absolute Gasteiger partial charge is 0.508 e. The predicted octanol–water partition coefficient (Wildman–Crippen LogP) is 3.24. The van der Waals surface area contributed by atoms with Crippen LogP contribution in [-0.2, 0) is 16.0 Å². The molecule has 2 unspecified atom stereocenters. The Morgan fingerprint density at radius 3 is 2.16 bits per heavy atom. The number of hydrogen-bond acceptors (Lipinski definition) is 5. The first-order valence-electron chi connectivity index (χ1n) is 10.1. The molecule has 32 heavy (non-hydrogen) atoms. The van der Waals surface area contributed by atoms with E-state index in [9.17, 15) is 24.6 Å². The van der Waals surface area contributed by atoms with Crippen molar-refractivity contribution in [3.05, 3.63) is 95.6 Å². The Morgan fingerprint density at radius 1 is 0.875 bits per heavy atom. The van der Waals surface area contributed by atoms with Gasteiger partial charge in [-0.05, 0) is 36.8 Å². The topological polar surface area (TPSA) is 116 Å². The molecule has 164 valence electrons. The molecule has 0 heterocycles. The summed E-state index contributed by atoms with van der Waals surface area (Å²) in [5.74, 6) is -1.79. The zero-order valence-electron chi connectivity index (χ0n) is 17.5. The predicted molar refractivity (Wildman–Crippen MR) is 121 cm³/mol. The van der Waals surface area contributed by atoms with Crippen molar-refractivity contribution >= 4 is 23.3 Å². The lowest BCUT2D eigenvalue weighted by Crippen LogP contribution is -2.47. The summed E-state index contributed by atoms with van der Waals surface area (Å²) in [5.41, 5.74) is 2.08. The van der Waals surface area contributed by atoms with Crippen LogP contribution in [0.25, 0.3) is 0 Å². The minimum Gasteiger partial charge on any atom is -0.508 e. The fraction of sp³-hybridized carbons (Fsp3) is 0.160. The molecule has 4 N–H and O–H groups in total. The Morgan fingerprint density at radius 2 is 1.50 bits per heavy atom. The van der Waals surface area contributed by atoms with E-state index >= 15 is 0 Å². The Balaban J connectivity index is 1.70. The molecule has 3 aromatic carbocycles. The van der Waals surface area contributed by atoms with Gasteiger partial charge in [-0.1, -0.05) is 54.6 Å². The number of hydrogen-bond donors (Lipinski definition) is 4. The molecule has 7 nitrogen and oxygen atoms in total. The summed E-state index contributed by atoms with van der Waals surface area (Å²) >= 11 is 0. The number of para-hydroxylation sites is 1. The molecule has 0 saturated heterocycles. The first-order valence-corrected chi connectivity index (χ1v) is 10.1. The van der Waals surface area contributed by atoms with E-state index in [4.69, 9.17) is 0 Å². The highest BCUT2D eigenvalue weighted by Crippen LogP contribution is 2.20. The molecule has 0 saturated carbocycles. The third-order valence-corrected chi connectivity index (χ3v) is 4.96. The van der Waals surface area contributed by atoms with E-state index in [1.807, 2.05) is 6.07 Å². The molecule has 1 amide bonds. The van der Waals surface area contributed by atoms with Crippen LogP contribution in [0.15, 0.2) is 78.9 Å². The van der Waals surface area contributed by atoms with Gasteiger partial charge in [-0.3, -0.25) is 9.59 Å². The van der Waals surface area contributed by atoms with Crippen molar-refractivity contribution in [3.8, 4) is 5.75 Å². The number of carbonyl (C=O) groups excluding carboxylic acids is 2. The number of carboxylic acid groups (broad SMARTS) is 1. The van der Waals surface area contributed by atoms with E-state index in [0.717, 1.165) is 0 Å². The van der Waals surface area contributed by atoms with E-state index in [1.165, 1.54) is 12.1 Å². The minimum atomic E-state index is -1.17. The van der Waals surface area contributed by atoms with Crippen LogP contribution in [0.5, 0.6) is 5.75 Å². The number of aliphatic carboxylic acids is 1. The first kappa shape index (κ1) is 22.6. The maximum absolute atomic E-state index is 12.9. The molecule has 0 aliphatic carbocycles. The molecule has 0 bridgehead atoms. The Hall–Kier alpha value is -4.13. The summed E-state index contributed by atoms with van der Waals surface area (Å²) in [4.78, 5) is 37.2. The molecular weight excluding hydrogens is 408 g/mol. The highest BCUT2D eigenvalue weighted by atomic mass is 16.4. The van der Waals surface area contributed by atoms with Crippen molar-refractivity contribution in [1.29, 1.82) is 0 Å². The average Bonchev–Trinajstić information content (AvgIpc) is 2.80. The summed E-state index contributed by atoms with van der Waals surface area (Å²) in [6.07, 6.45) is 0.0666. The number of carboxylic acids is 1. The second kappa shape index (κ2) is 10.3. The van der Waals surface area contributed by atoms with Crippen molar-refractivity contribution in [2.75, 3.05) is 5.32 Å². The van der Waals surface area contributed by atoms with Crippen LogP contribution in [0.2, 0.25) is 0 Å². The first-order chi connectivity index (χ1) is 15.3. The molecule has 0 fully saturated rings. The molecule has 0 aromatic heterocycles. The van der Waals surface area contributed by atoms with Gasteiger partial charge in [0.05, 0.1) is 0 Å². The van der Waals surface area contributed by atoms with E-state index in [0.29, 0.717) is 22.4 Å². The highest BCUT2D eigenvalue weighted by molar-refractivity contribution is 6.12. The molecular formula is C25H24N2O5. The number of ketones is 1. The van der Waals surface area contributed by atoms with Gasteiger partial charge in [-0.15, -0.1) is 0 Å². The zero-order chi connectivity index (χ0) is 23.1. The number of benzene rings is 3. The van der Waals surface area contributed by atoms with E-state index in [2.05, 4.69) is 10.6 Å². The molecule has 0 spiro atoms. The molecule has 7 heteroatoms. The van der Waals surface area contributed by atoms with Gasteiger partial charge in [0.15, 0.2) is 5.78 Å². The van der Waals surface area contributed by atoms with Gasteiger partial charge < -0.3 is 20.8 Å². The number of carbonyl (C=O) groups is 3. The van der Waals surface area contributed by atoms with Crippen molar-refractivity contribution in [2.24, 2.45) is 0 Å². The Labute approximate surface area is 185 Å². The van der Waals surface area contributed by atoms with E-state index in [-0.39, 0.29) is 18.0 Å². The van der Waals surface area contributed by atoms with Crippen molar-refractivity contribution in [3.63, 3.8) is 0 Å². The van der Waals surface area contributed by atoms with Crippen LogP contribution < -0.4 is 10.6 Å². The van der Waals surface area contributed by atoms with Gasteiger partial charge in [0.2, 0.25) is 5.91 Å². The lowest BCUT2D eigenvalue weighted by molar-refractivity contribution is -0.141. The normalized spacial score (nSPS) is 12.4. The highest BCUT2D eigenvalue weighted by Gasteiger charge is 2.24. The molecule has 3 rings (SSSR count). The number of aromatic hydroxyl groups is 1. The van der Waals surface area contributed by atoms with Crippen LogP contribution in [0.1, 0.15) is 28.4 Å². The molecule has 3 aromatic rings. The summed E-state index contributed by atoms with van der Waals surface area (Å²) in [5, 5.41) is 24.4. The standard InChI is InChI=1S/C25H24N2O5/c1-16(24(30)27-22(25(31)32)15-17-11-13-19(28)14-12-17)26-21-10-6-5-9-20(21)23(29)18-7-3-2-4-8-18/h2-14,16,22,26,28H,15H2,1H3,(H,27,30)(H,31,32). The fourth-order valence-corrected chi connectivity index (χ4v) is 3.22. The third-order valence-electron chi connectivity index (χ3n) is 4.96. The van der Waals surface area contributed by atoms with E-state index < -0.39 is 24.0 Å². The van der Waals surface area contributed by atoms with Crippen LogP contribution in [0, 0.1) is 0 Å². The lowest BCUT2D eigenvalue weighted by Gasteiger charge is -2.20. The number of nitrogens with one attached hydrogen (secondary N) is 2. The van der Waals surface area contributed by atoms with Crippen LogP contribution >= 0.6 is 0 Å². The van der Waals surface area contributed by atoms with Gasteiger partial charge in [0.1, 0.15) is 17.8 Å². The number of rotatable bonds is 9. The summed E-state index contributed by atoms with van der Waals surface area (Å²) in [6.45, 7) is 1.60. The maximum atomic E-state index is 12.9. The number of anilines is 1. The fourth-order valence-electron chi connectivity index (χ4n) is 3.22. The van der Waals surface area contributed by atoms with Gasteiger partial charge >= 0.3 is 5.97 Å². The SMILES string of the molecule is CC(Nc1ccccc1C(=O)c1ccccc1)C(=O)NC(Cc1ccc(O)cc1)C(=O)O. The van der Waals surface area contributed by atoms with Crippen LogP contribution in [0.4, 0.5) is 5.69 Å². The second-order valence-electron chi connectivity index (χ2n) is 7.38. The minimum absolute atomic E-state index is 0.0666. The lowest BCUT2D eigenvalue weighted by atomic mass is 10.0. The Bertz CT molecular complexity index is 1100. The average molecular weight is 432 g/mol. The van der Waals surface area contributed by atoms with Gasteiger partial charge in [-0.25, -0.2) is 4.79 Å². The van der Waals surface area contributed by atoms with E-state index in [1.54, 1.807) is 67.6 Å². The van der Waals surface area contributed by atoms with Gasteiger partial charge in [-0.2, -0.15) is 0 Å². The second-order valence-corrected chi connectivity index (χ2v) is 7.38. The number of phenols is 1. The number of amides is 1. The monoisotopic (exact) mass is 432 g/mol.